The molecule has 2 aromatic rings. The molecule has 0 atom stereocenters. The van der Waals surface area contributed by atoms with Crippen LogP contribution in [0.2, 0.25) is 0 Å². The molecule has 1 heterocycles. The first-order chi connectivity index (χ1) is 9.22. The second kappa shape index (κ2) is 6.18. The van der Waals surface area contributed by atoms with E-state index in [2.05, 4.69) is 16.9 Å². The Morgan fingerprint density at radius 1 is 1.32 bits per heavy atom. The van der Waals surface area contributed by atoms with E-state index in [0.717, 1.165) is 36.4 Å². The lowest BCUT2D eigenvalue weighted by Gasteiger charge is -2.06. The molecule has 0 aliphatic carbocycles. The van der Waals surface area contributed by atoms with Crippen molar-refractivity contribution in [3.8, 4) is 17.0 Å². The van der Waals surface area contributed by atoms with E-state index in [4.69, 9.17) is 4.74 Å². The van der Waals surface area contributed by atoms with Crippen LogP contribution in [0.3, 0.4) is 0 Å². The van der Waals surface area contributed by atoms with Gasteiger partial charge in [-0.2, -0.15) is 0 Å². The van der Waals surface area contributed by atoms with Gasteiger partial charge in [-0.05, 0) is 18.6 Å². The van der Waals surface area contributed by atoms with E-state index in [1.54, 1.807) is 7.11 Å². The summed E-state index contributed by atoms with van der Waals surface area (Å²) >= 11 is 0. The molecular weight excluding hydrogens is 240 g/mol. The fourth-order valence-corrected chi connectivity index (χ4v) is 1.90. The van der Waals surface area contributed by atoms with Gasteiger partial charge in [-0.15, -0.1) is 0 Å². The van der Waals surface area contributed by atoms with Crippen LogP contribution in [0.1, 0.15) is 25.6 Å². The minimum atomic E-state index is -0.112. The number of ether oxygens (including phenoxy) is 1. The monoisotopic (exact) mass is 258 g/mol. The maximum absolute atomic E-state index is 11.7. The molecule has 0 spiro atoms. The highest BCUT2D eigenvalue weighted by Crippen LogP contribution is 2.21. The topological polar surface area (TPSA) is 55.0 Å². The third kappa shape index (κ3) is 3.44. The molecule has 0 amide bonds. The number of aromatic nitrogens is 2. The fourth-order valence-electron chi connectivity index (χ4n) is 1.90. The lowest BCUT2D eigenvalue weighted by Crippen LogP contribution is -2.11. The van der Waals surface area contributed by atoms with Crippen LogP contribution in [0.25, 0.3) is 11.3 Å². The van der Waals surface area contributed by atoms with Crippen molar-refractivity contribution in [1.82, 2.24) is 9.97 Å². The van der Waals surface area contributed by atoms with Gasteiger partial charge in [0.15, 0.2) is 0 Å². The second-order valence-corrected chi connectivity index (χ2v) is 4.41. The molecule has 0 bridgehead atoms. The third-order valence-electron chi connectivity index (χ3n) is 2.92. The van der Waals surface area contributed by atoms with Gasteiger partial charge in [-0.1, -0.05) is 25.5 Å². The number of benzene rings is 1. The van der Waals surface area contributed by atoms with E-state index in [1.165, 1.54) is 6.07 Å². The summed E-state index contributed by atoms with van der Waals surface area (Å²) < 4.78 is 5.19. The van der Waals surface area contributed by atoms with Crippen molar-refractivity contribution in [2.45, 2.75) is 26.2 Å². The number of hydrogen-bond donors (Lipinski definition) is 1. The number of rotatable bonds is 5. The molecule has 0 aliphatic rings. The van der Waals surface area contributed by atoms with Gasteiger partial charge in [0.05, 0.1) is 12.8 Å². The third-order valence-corrected chi connectivity index (χ3v) is 2.92. The van der Waals surface area contributed by atoms with Crippen molar-refractivity contribution in [3.63, 3.8) is 0 Å². The smallest absolute Gasteiger partial charge is 0.251 e. The van der Waals surface area contributed by atoms with Crippen LogP contribution in [0.15, 0.2) is 35.1 Å². The molecule has 0 fully saturated rings. The van der Waals surface area contributed by atoms with Crippen molar-refractivity contribution in [2.24, 2.45) is 0 Å². The number of unbranched alkanes of at least 4 members (excludes halogenated alkanes) is 1. The van der Waals surface area contributed by atoms with Gasteiger partial charge in [-0.3, -0.25) is 4.79 Å². The minimum Gasteiger partial charge on any atom is -0.497 e. The maximum Gasteiger partial charge on any atom is 0.251 e. The Hall–Kier alpha value is -2.10. The fraction of sp³-hybridized carbons (Fsp3) is 0.333. The van der Waals surface area contributed by atoms with Crippen molar-refractivity contribution < 1.29 is 4.74 Å². The number of aromatic amines is 1. The first-order valence-corrected chi connectivity index (χ1v) is 6.47. The van der Waals surface area contributed by atoms with Crippen molar-refractivity contribution in [1.29, 1.82) is 0 Å². The first kappa shape index (κ1) is 13.3. The molecule has 2 rings (SSSR count). The summed E-state index contributed by atoms with van der Waals surface area (Å²) in [4.78, 5) is 19.0. The van der Waals surface area contributed by atoms with Gasteiger partial charge in [0.25, 0.3) is 5.56 Å². The molecule has 0 saturated heterocycles. The first-order valence-electron chi connectivity index (χ1n) is 6.47. The Kier molecular flexibility index (Phi) is 4.34. The predicted octanol–water partition coefficient (Wildman–Crippen LogP) is 2.79. The molecule has 1 N–H and O–H groups in total. The van der Waals surface area contributed by atoms with Crippen LogP contribution in [0.4, 0.5) is 0 Å². The van der Waals surface area contributed by atoms with Gasteiger partial charge >= 0.3 is 0 Å². The number of H-pyrrole nitrogens is 1. The van der Waals surface area contributed by atoms with Crippen molar-refractivity contribution in [3.05, 3.63) is 46.5 Å². The number of nitrogens with zero attached hydrogens (tertiary/aromatic N) is 1. The van der Waals surface area contributed by atoms with Gasteiger partial charge in [0, 0.05) is 18.1 Å². The molecule has 19 heavy (non-hydrogen) atoms. The zero-order chi connectivity index (χ0) is 13.7. The minimum absolute atomic E-state index is 0.112. The Balaban J connectivity index is 2.37. The summed E-state index contributed by atoms with van der Waals surface area (Å²) in [5.41, 5.74) is 1.47. The van der Waals surface area contributed by atoms with Crippen molar-refractivity contribution >= 4 is 0 Å². The number of aryl methyl sites for hydroxylation is 1. The zero-order valence-electron chi connectivity index (χ0n) is 11.3. The molecule has 1 aromatic heterocycles. The summed E-state index contributed by atoms with van der Waals surface area (Å²) in [5.74, 6) is 1.50. The molecule has 4 nitrogen and oxygen atoms in total. The Morgan fingerprint density at radius 2 is 2.16 bits per heavy atom. The average Bonchev–Trinajstić information content (AvgIpc) is 2.44. The largest absolute Gasteiger partial charge is 0.497 e. The summed E-state index contributed by atoms with van der Waals surface area (Å²) in [6.07, 6.45) is 2.89. The SMILES string of the molecule is CCCCc1nc(-c2cccc(OC)c2)cc(=O)[nH]1. The Labute approximate surface area is 112 Å². The summed E-state index contributed by atoms with van der Waals surface area (Å²) in [6, 6.07) is 9.08. The highest BCUT2D eigenvalue weighted by molar-refractivity contribution is 5.60. The predicted molar refractivity (Wildman–Crippen MR) is 75.5 cm³/mol. The van der Waals surface area contributed by atoms with Crippen LogP contribution in [-0.4, -0.2) is 17.1 Å². The molecule has 100 valence electrons. The standard InChI is InChI=1S/C15H18N2O2/c1-3-4-8-14-16-13(10-15(18)17-14)11-6-5-7-12(9-11)19-2/h5-7,9-10H,3-4,8H2,1-2H3,(H,16,17,18). The van der Waals surface area contributed by atoms with Crippen LogP contribution in [-0.2, 0) is 6.42 Å². The lowest BCUT2D eigenvalue weighted by atomic mass is 10.1. The highest BCUT2D eigenvalue weighted by atomic mass is 16.5. The van der Waals surface area contributed by atoms with Crippen molar-refractivity contribution in [2.75, 3.05) is 7.11 Å². The zero-order valence-corrected chi connectivity index (χ0v) is 11.3. The van der Waals surface area contributed by atoms with Gasteiger partial charge in [0.2, 0.25) is 0 Å². The van der Waals surface area contributed by atoms with Gasteiger partial charge in [0.1, 0.15) is 11.6 Å². The Bertz CT molecular complexity index is 605. The van der Waals surface area contributed by atoms with E-state index in [-0.39, 0.29) is 5.56 Å². The molecule has 0 unspecified atom stereocenters. The van der Waals surface area contributed by atoms with Crippen LogP contribution < -0.4 is 10.3 Å². The Morgan fingerprint density at radius 3 is 2.89 bits per heavy atom. The van der Waals surface area contributed by atoms with E-state index in [1.807, 2.05) is 24.3 Å². The van der Waals surface area contributed by atoms with Gasteiger partial charge < -0.3 is 9.72 Å². The molecule has 4 heteroatoms. The van der Waals surface area contributed by atoms with Crippen LogP contribution >= 0.6 is 0 Å². The average molecular weight is 258 g/mol. The highest BCUT2D eigenvalue weighted by Gasteiger charge is 2.05. The quantitative estimate of drug-likeness (QED) is 0.897. The summed E-state index contributed by atoms with van der Waals surface area (Å²) in [6.45, 7) is 2.12. The second-order valence-electron chi connectivity index (χ2n) is 4.41. The molecule has 0 aliphatic heterocycles. The van der Waals surface area contributed by atoms with E-state index < -0.39 is 0 Å². The summed E-state index contributed by atoms with van der Waals surface area (Å²) in [7, 11) is 1.62. The number of hydrogen-bond acceptors (Lipinski definition) is 3. The summed E-state index contributed by atoms with van der Waals surface area (Å²) in [5, 5.41) is 0. The lowest BCUT2D eigenvalue weighted by molar-refractivity contribution is 0.415. The van der Waals surface area contributed by atoms with E-state index in [0.29, 0.717) is 5.69 Å². The maximum atomic E-state index is 11.7. The van der Waals surface area contributed by atoms with Crippen LogP contribution in [0, 0.1) is 0 Å². The number of methoxy groups -OCH3 is 1. The normalized spacial score (nSPS) is 10.4. The number of nitrogens with one attached hydrogen (secondary N) is 1. The van der Waals surface area contributed by atoms with E-state index >= 15 is 0 Å². The molecule has 1 aromatic carbocycles. The molecular formula is C15H18N2O2. The van der Waals surface area contributed by atoms with Crippen LogP contribution in [0.5, 0.6) is 5.75 Å². The van der Waals surface area contributed by atoms with E-state index in [9.17, 15) is 4.79 Å². The molecule has 0 radical (unpaired) electrons. The van der Waals surface area contributed by atoms with Gasteiger partial charge in [-0.25, -0.2) is 4.98 Å². The molecule has 0 saturated carbocycles.